The number of nitrogens with one attached hydrogen (secondary N) is 2. The number of hydrogen-bond acceptors (Lipinski definition) is 11. The Bertz CT molecular complexity index is 2150. The number of likely N-dealkylation sites (tertiary alicyclic amines) is 1. The van der Waals surface area contributed by atoms with Gasteiger partial charge in [-0.3, -0.25) is 0 Å². The van der Waals surface area contributed by atoms with Crippen LogP contribution in [0.5, 0.6) is 0 Å². The van der Waals surface area contributed by atoms with Crippen molar-refractivity contribution in [1.82, 2.24) is 35.5 Å². The topological polar surface area (TPSA) is 85.3 Å². The molecule has 4 aliphatic rings. The first-order valence-corrected chi connectivity index (χ1v) is 23.2. The fraction of sp³-hybridized carbons (Fsp3) is 0.478. The lowest BCUT2D eigenvalue weighted by Crippen LogP contribution is -2.44. The Morgan fingerprint density at radius 2 is 1.19 bits per heavy atom. The number of benzene rings is 2. The summed E-state index contributed by atoms with van der Waals surface area (Å²) in [7, 11) is 0. The van der Waals surface area contributed by atoms with Crippen molar-refractivity contribution in [2.75, 3.05) is 75.2 Å². The minimum absolute atomic E-state index is 0.711. The summed E-state index contributed by atoms with van der Waals surface area (Å²) in [6, 6.07) is 22.0. The van der Waals surface area contributed by atoms with E-state index in [9.17, 15) is 0 Å². The van der Waals surface area contributed by atoms with Gasteiger partial charge in [-0.1, -0.05) is 67.1 Å². The number of fused-ring (bicyclic) bond motifs is 2. The normalized spacial score (nSPS) is 19.5. The minimum Gasteiger partial charge on any atom is -0.356 e. The maximum Gasteiger partial charge on any atom is 0.141 e. The molecule has 4 aromatic heterocycles. The molecular formula is C46H57N9S2. The van der Waals surface area contributed by atoms with Crippen LogP contribution in [-0.4, -0.2) is 96.3 Å². The fourth-order valence-electron chi connectivity index (χ4n) is 9.13. The number of anilines is 2. The lowest BCUT2D eigenvalue weighted by Gasteiger charge is -2.36. The average molecular weight is 800 g/mol. The summed E-state index contributed by atoms with van der Waals surface area (Å²) in [6.45, 7) is 11.6. The maximum atomic E-state index is 4.75. The van der Waals surface area contributed by atoms with E-state index in [-0.39, 0.29) is 0 Å². The molecule has 0 spiro atoms. The quantitative estimate of drug-likeness (QED) is 0.118. The van der Waals surface area contributed by atoms with Gasteiger partial charge in [0.25, 0.3) is 0 Å². The number of rotatable bonds is 12. The van der Waals surface area contributed by atoms with E-state index < -0.39 is 0 Å². The first-order valence-electron chi connectivity index (χ1n) is 21.5. The predicted octanol–water partition coefficient (Wildman–Crippen LogP) is 8.98. The van der Waals surface area contributed by atoms with Crippen LogP contribution in [0.15, 0.2) is 84.1 Å². The molecule has 2 N–H and O–H groups in total. The number of thiophene rings is 2. The number of aromatic nitrogens is 4. The molecule has 10 rings (SSSR count). The lowest BCUT2D eigenvalue weighted by atomic mass is 9.91. The molecule has 9 nitrogen and oxygen atoms in total. The third kappa shape index (κ3) is 9.18. The first-order chi connectivity index (χ1) is 28.3. The van der Waals surface area contributed by atoms with Crippen LogP contribution in [0.4, 0.5) is 11.6 Å². The van der Waals surface area contributed by atoms with Crippen molar-refractivity contribution < 1.29 is 0 Å². The molecule has 1 atom stereocenters. The standard InChI is InChI=1S/C24H31N5S.C22H26N4S/c1-2-6-20(7-3-1)21-17-30-24-22(21)23(26-18-27-24)29-13-8-19(9-14-29)16-25-10-15-28-11-4-5-12-28;1-2-7-17(8-3-1)19-14-27-22-20(19)21(24-15-25-22)26-11-5-6-16(13-26)12-23-18-9-4-10-18/h1-3,6-7,17-19,25H,4-5,8-16H2;1-3,7-8,14-16,18,23H,4-6,9-13H2. The van der Waals surface area contributed by atoms with Gasteiger partial charge in [-0.05, 0) is 101 Å². The molecule has 0 radical (unpaired) electrons. The molecule has 298 valence electrons. The van der Waals surface area contributed by atoms with Crippen LogP contribution in [0, 0.1) is 11.8 Å². The molecule has 0 bridgehead atoms. The summed E-state index contributed by atoms with van der Waals surface area (Å²) in [6.07, 6.45) is 15.4. The van der Waals surface area contributed by atoms with Crippen molar-refractivity contribution in [2.24, 2.45) is 11.8 Å². The van der Waals surface area contributed by atoms with E-state index in [2.05, 4.69) is 107 Å². The molecule has 4 fully saturated rings. The van der Waals surface area contributed by atoms with E-state index in [4.69, 9.17) is 9.97 Å². The smallest absolute Gasteiger partial charge is 0.141 e. The Morgan fingerprint density at radius 1 is 0.579 bits per heavy atom. The second-order valence-electron chi connectivity index (χ2n) is 16.5. The second kappa shape index (κ2) is 18.7. The highest BCUT2D eigenvalue weighted by atomic mass is 32.1. The van der Waals surface area contributed by atoms with Gasteiger partial charge in [-0.25, -0.2) is 19.9 Å². The van der Waals surface area contributed by atoms with Gasteiger partial charge in [-0.2, -0.15) is 0 Å². The monoisotopic (exact) mass is 799 g/mol. The van der Waals surface area contributed by atoms with Crippen molar-refractivity contribution in [3.8, 4) is 22.3 Å². The van der Waals surface area contributed by atoms with Gasteiger partial charge in [0.05, 0.1) is 10.8 Å². The summed E-state index contributed by atoms with van der Waals surface area (Å²) >= 11 is 3.44. The Morgan fingerprint density at radius 3 is 1.79 bits per heavy atom. The average Bonchev–Trinajstić information content (AvgIpc) is 4.04. The van der Waals surface area contributed by atoms with Crippen molar-refractivity contribution >= 4 is 54.7 Å². The third-order valence-corrected chi connectivity index (χ3v) is 14.4. The van der Waals surface area contributed by atoms with Crippen LogP contribution in [-0.2, 0) is 0 Å². The van der Waals surface area contributed by atoms with Crippen LogP contribution in [0.25, 0.3) is 42.7 Å². The summed E-state index contributed by atoms with van der Waals surface area (Å²) in [5.74, 6) is 3.71. The van der Waals surface area contributed by atoms with Gasteiger partial charge in [0, 0.05) is 67.2 Å². The van der Waals surface area contributed by atoms with E-state index in [1.54, 1.807) is 35.3 Å². The van der Waals surface area contributed by atoms with Crippen molar-refractivity contribution in [3.05, 3.63) is 84.1 Å². The van der Waals surface area contributed by atoms with Crippen molar-refractivity contribution in [2.45, 2.75) is 63.8 Å². The molecule has 3 saturated heterocycles. The molecular weight excluding hydrogens is 743 g/mol. The maximum absolute atomic E-state index is 4.75. The molecule has 11 heteroatoms. The lowest BCUT2D eigenvalue weighted by molar-refractivity contribution is 0.299. The zero-order valence-electron chi connectivity index (χ0n) is 33.2. The molecule has 1 unspecified atom stereocenters. The zero-order valence-corrected chi connectivity index (χ0v) is 34.8. The molecule has 6 aromatic rings. The zero-order chi connectivity index (χ0) is 38.2. The molecule has 0 amide bonds. The Hall–Kier alpha value is -4.00. The highest BCUT2D eigenvalue weighted by Crippen LogP contribution is 2.40. The third-order valence-electron chi connectivity index (χ3n) is 12.6. The fourth-order valence-corrected chi connectivity index (χ4v) is 10.9. The summed E-state index contributed by atoms with van der Waals surface area (Å²) < 4.78 is 0. The van der Waals surface area contributed by atoms with Gasteiger partial charge >= 0.3 is 0 Å². The van der Waals surface area contributed by atoms with Crippen molar-refractivity contribution in [3.63, 3.8) is 0 Å². The van der Waals surface area contributed by atoms with Crippen LogP contribution in [0.3, 0.4) is 0 Å². The van der Waals surface area contributed by atoms with Gasteiger partial charge in [0.15, 0.2) is 0 Å². The molecule has 57 heavy (non-hydrogen) atoms. The summed E-state index contributed by atoms with van der Waals surface area (Å²) in [5.41, 5.74) is 5.02. The van der Waals surface area contributed by atoms with Gasteiger partial charge in [-0.15, -0.1) is 22.7 Å². The van der Waals surface area contributed by atoms with Crippen LogP contribution >= 0.6 is 22.7 Å². The Kier molecular flexibility index (Phi) is 12.6. The first kappa shape index (κ1) is 38.5. The summed E-state index contributed by atoms with van der Waals surface area (Å²) in [4.78, 5) is 28.3. The highest BCUT2D eigenvalue weighted by Gasteiger charge is 2.27. The Balaban J connectivity index is 0.000000149. The summed E-state index contributed by atoms with van der Waals surface area (Å²) in [5, 5.41) is 14.4. The highest BCUT2D eigenvalue weighted by molar-refractivity contribution is 7.17. The second-order valence-corrected chi connectivity index (χ2v) is 18.2. The van der Waals surface area contributed by atoms with Gasteiger partial charge in [0.1, 0.15) is 34.0 Å². The van der Waals surface area contributed by atoms with E-state index in [0.717, 1.165) is 79.1 Å². The van der Waals surface area contributed by atoms with Crippen LogP contribution < -0.4 is 20.4 Å². The van der Waals surface area contributed by atoms with Gasteiger partial charge < -0.3 is 25.3 Å². The Labute approximate surface area is 346 Å². The van der Waals surface area contributed by atoms with Crippen LogP contribution in [0.1, 0.15) is 57.8 Å². The van der Waals surface area contributed by atoms with Crippen molar-refractivity contribution in [1.29, 1.82) is 0 Å². The number of hydrogen-bond donors (Lipinski definition) is 2. The SMILES string of the molecule is c1ccc(-c2csc3ncnc(N4CCC(CNCCN5CCCC5)CC4)c23)cc1.c1ccc(-c2csc3ncnc(N4CCCC(CNC5CCC5)C4)c23)cc1. The van der Waals surface area contributed by atoms with E-state index in [0.29, 0.717) is 5.92 Å². The molecule has 7 heterocycles. The molecule has 2 aromatic carbocycles. The van der Waals surface area contributed by atoms with E-state index >= 15 is 0 Å². The van der Waals surface area contributed by atoms with Crippen LogP contribution in [0.2, 0.25) is 0 Å². The molecule has 1 saturated carbocycles. The van der Waals surface area contributed by atoms with E-state index in [1.807, 2.05) is 0 Å². The molecule has 1 aliphatic carbocycles. The largest absolute Gasteiger partial charge is 0.356 e. The van der Waals surface area contributed by atoms with Gasteiger partial charge in [0.2, 0.25) is 0 Å². The molecule has 3 aliphatic heterocycles. The predicted molar refractivity (Wildman–Crippen MR) is 240 cm³/mol. The minimum atomic E-state index is 0.711. The number of piperidine rings is 2. The van der Waals surface area contributed by atoms with E-state index in [1.165, 1.54) is 110 Å². The number of nitrogens with zero attached hydrogens (tertiary/aromatic N) is 7.